The first-order chi connectivity index (χ1) is 10.3. The minimum Gasteiger partial charge on any atom is -0.300 e. The summed E-state index contributed by atoms with van der Waals surface area (Å²) < 4.78 is 25.4. The molecule has 0 bridgehead atoms. The molecular weight excluding hydrogens is 356 g/mol. The monoisotopic (exact) mass is 396 g/mol. The Kier molecular flexibility index (Phi) is 15.1. The molecule has 2 rings (SSSR count). The molecule has 0 aromatic heterocycles. The first kappa shape index (κ1) is 29.4. The van der Waals surface area contributed by atoms with Crippen LogP contribution in [0.3, 0.4) is 0 Å². The van der Waals surface area contributed by atoms with Gasteiger partial charge in [0.15, 0.2) is 0 Å². The van der Waals surface area contributed by atoms with Gasteiger partial charge < -0.3 is 0 Å². The third-order valence-electron chi connectivity index (χ3n) is 3.18. The molecule has 5 nitrogen and oxygen atoms in total. The summed E-state index contributed by atoms with van der Waals surface area (Å²) in [5, 5.41) is 5.04. The van der Waals surface area contributed by atoms with Crippen LogP contribution in [0.1, 0.15) is 94.9 Å². The lowest BCUT2D eigenvalue weighted by Crippen LogP contribution is -2.27. The van der Waals surface area contributed by atoms with Gasteiger partial charge in [-0.2, -0.15) is 4.40 Å². The molecule has 25 heavy (non-hydrogen) atoms. The van der Waals surface area contributed by atoms with Gasteiger partial charge in [-0.3, -0.25) is 9.93 Å². The number of Topliss-reactive ketones (excluding diaryl/α,β-unsaturated/α-hetero) is 1. The fraction of sp³-hybridized carbons (Fsp3) is 0.889. The minimum absolute atomic E-state index is 0. The van der Waals surface area contributed by atoms with Crippen molar-refractivity contribution >= 4 is 33.5 Å². The number of carbonyl (C=O) groups is 1. The van der Waals surface area contributed by atoms with Gasteiger partial charge in [-0.15, -0.1) is 0 Å². The van der Waals surface area contributed by atoms with Gasteiger partial charge in [0.1, 0.15) is 16.8 Å². The number of carbonyl (C=O) groups excluding carboxylic acids is 1. The number of ketones is 1. The number of nitrogens with two attached hydrogens (primary N) is 1. The van der Waals surface area contributed by atoms with Crippen LogP contribution in [0.15, 0.2) is 4.40 Å². The molecule has 0 amide bonds. The highest BCUT2D eigenvalue weighted by Crippen LogP contribution is 2.19. The summed E-state index contributed by atoms with van der Waals surface area (Å²) in [6.07, 6.45) is 6.17. The Labute approximate surface area is 160 Å². The smallest absolute Gasteiger partial charge is 0.144 e. The van der Waals surface area contributed by atoms with E-state index in [1.165, 1.54) is 6.42 Å². The summed E-state index contributed by atoms with van der Waals surface area (Å²) in [5.41, 5.74) is 1.14. The third kappa shape index (κ3) is 14.5. The lowest BCUT2D eigenvalue weighted by Gasteiger charge is -2.18. The second-order valence-corrected chi connectivity index (χ2v) is 11.4. The van der Waals surface area contributed by atoms with E-state index < -0.39 is 22.0 Å². The van der Waals surface area contributed by atoms with E-state index in [-0.39, 0.29) is 24.3 Å². The fourth-order valence-electron chi connectivity index (χ4n) is 1.00. The van der Waals surface area contributed by atoms with Gasteiger partial charge in [0.05, 0.1) is 20.5 Å². The predicted molar refractivity (Wildman–Crippen MR) is 114 cm³/mol. The van der Waals surface area contributed by atoms with Gasteiger partial charge >= 0.3 is 0 Å². The summed E-state index contributed by atoms with van der Waals surface area (Å²) in [6, 6.07) is 0. The van der Waals surface area contributed by atoms with E-state index >= 15 is 0 Å². The normalized spacial score (nSPS) is 18.2. The Morgan fingerprint density at radius 1 is 0.840 bits per heavy atom. The van der Waals surface area contributed by atoms with E-state index in [0.29, 0.717) is 5.78 Å². The lowest BCUT2D eigenvalue weighted by molar-refractivity contribution is -0.123. The maximum Gasteiger partial charge on any atom is 0.144 e. The van der Waals surface area contributed by atoms with Crippen LogP contribution >= 0.6 is 0 Å². The molecule has 7 heteroatoms. The molecule has 0 radical (unpaired) electrons. The van der Waals surface area contributed by atoms with Crippen LogP contribution in [0.2, 0.25) is 0 Å². The molecule has 2 aliphatic carbocycles. The first-order valence-electron chi connectivity index (χ1n) is 8.00. The van der Waals surface area contributed by atoms with Crippen LogP contribution in [0, 0.1) is 0 Å². The zero-order valence-corrected chi connectivity index (χ0v) is 16.9. The summed E-state index contributed by atoms with van der Waals surface area (Å²) in [5.74, 6) is 0.435. The quantitative estimate of drug-likeness (QED) is 0.708. The lowest BCUT2D eigenvalue weighted by atomic mass is 9.98. The second-order valence-electron chi connectivity index (χ2n) is 7.67. The largest absolute Gasteiger partial charge is 0.300 e. The zero-order chi connectivity index (χ0) is 18.3. The molecule has 0 aromatic carbocycles. The van der Waals surface area contributed by atoms with Gasteiger partial charge in [-0.1, -0.05) is 14.9 Å². The molecule has 152 valence electrons. The maximum absolute atomic E-state index is 11.4. The standard InChI is InChI=1S/C8H15NOS.C4H11NOS.C4H6O.2CH4/c1-8(2,3)11(10)9-7-5-4-6-7;1-4(2,3)7(5)6;5-4-2-1-3-4;;/h4-6H2,1-3H3;5H2,1-3H3;1-3H2;2*1H4. The van der Waals surface area contributed by atoms with Crippen molar-refractivity contribution in [2.24, 2.45) is 9.54 Å². The van der Waals surface area contributed by atoms with Crippen molar-refractivity contribution in [1.82, 2.24) is 0 Å². The average molecular weight is 397 g/mol. The Bertz CT molecular complexity index is 464. The predicted octanol–water partition coefficient (Wildman–Crippen LogP) is 4.49. The van der Waals surface area contributed by atoms with Crippen molar-refractivity contribution in [3.8, 4) is 0 Å². The van der Waals surface area contributed by atoms with Gasteiger partial charge in [0, 0.05) is 18.6 Å². The highest BCUT2D eigenvalue weighted by molar-refractivity contribution is 7.85. The summed E-state index contributed by atoms with van der Waals surface area (Å²) in [6.45, 7) is 11.4. The van der Waals surface area contributed by atoms with Crippen LogP contribution < -0.4 is 5.14 Å². The Balaban J connectivity index is -0.000000301. The minimum atomic E-state index is -1.18. The number of nitrogens with zero attached hydrogens (tertiary/aromatic N) is 1. The summed E-state index contributed by atoms with van der Waals surface area (Å²) >= 11 is 0. The van der Waals surface area contributed by atoms with Crippen molar-refractivity contribution in [3.63, 3.8) is 0 Å². The molecule has 2 atom stereocenters. The second kappa shape index (κ2) is 12.9. The van der Waals surface area contributed by atoms with Gasteiger partial charge in [-0.25, -0.2) is 8.42 Å². The number of hydrogen-bond acceptors (Lipinski definition) is 3. The van der Waals surface area contributed by atoms with Crippen molar-refractivity contribution in [2.45, 2.75) is 104 Å². The van der Waals surface area contributed by atoms with Crippen molar-refractivity contribution in [2.75, 3.05) is 0 Å². The van der Waals surface area contributed by atoms with E-state index in [0.717, 1.165) is 37.8 Å². The van der Waals surface area contributed by atoms with Crippen molar-refractivity contribution in [1.29, 1.82) is 0 Å². The number of rotatable bonds is 1. The third-order valence-corrected chi connectivity index (χ3v) is 5.86. The molecule has 0 heterocycles. The van der Waals surface area contributed by atoms with Gasteiger partial charge in [-0.05, 0) is 67.2 Å². The van der Waals surface area contributed by atoms with E-state index in [9.17, 15) is 13.2 Å². The molecule has 2 N–H and O–H groups in total. The van der Waals surface area contributed by atoms with Gasteiger partial charge in [0.25, 0.3) is 0 Å². The average Bonchev–Trinajstić information content (AvgIpc) is 2.30. The van der Waals surface area contributed by atoms with Gasteiger partial charge in [0.2, 0.25) is 0 Å². The Morgan fingerprint density at radius 3 is 1.28 bits per heavy atom. The summed E-state index contributed by atoms with van der Waals surface area (Å²) in [4.78, 5) is 9.90. The van der Waals surface area contributed by atoms with Crippen LogP contribution in [0.4, 0.5) is 0 Å². The molecule has 2 aliphatic rings. The summed E-state index contributed by atoms with van der Waals surface area (Å²) in [7, 11) is -2.21. The Hall–Kier alpha value is -0.400. The fourth-order valence-corrected chi connectivity index (χ4v) is 1.69. The maximum atomic E-state index is 11.4. The molecule has 0 saturated heterocycles. The highest BCUT2D eigenvalue weighted by Gasteiger charge is 2.21. The van der Waals surface area contributed by atoms with Crippen LogP contribution in [0.5, 0.6) is 0 Å². The van der Waals surface area contributed by atoms with Crippen molar-refractivity contribution < 1.29 is 13.2 Å². The molecule has 2 fully saturated rings. The molecule has 0 spiro atoms. The van der Waals surface area contributed by atoms with Crippen LogP contribution in [0.25, 0.3) is 0 Å². The molecule has 2 saturated carbocycles. The van der Waals surface area contributed by atoms with Crippen molar-refractivity contribution in [3.05, 3.63) is 0 Å². The topological polar surface area (TPSA) is 89.6 Å². The van der Waals surface area contributed by atoms with E-state index in [1.54, 1.807) is 0 Å². The molecule has 2 unspecified atom stereocenters. The van der Waals surface area contributed by atoms with Crippen LogP contribution in [-0.2, 0) is 26.8 Å². The molecular formula is C18H40N2O3S2. The molecule has 0 aliphatic heterocycles. The van der Waals surface area contributed by atoms with E-state index in [1.807, 2.05) is 41.5 Å². The Morgan fingerprint density at radius 2 is 1.16 bits per heavy atom. The zero-order valence-electron chi connectivity index (χ0n) is 15.3. The van der Waals surface area contributed by atoms with E-state index in [4.69, 9.17) is 5.14 Å². The SMILES string of the molecule is C.C.CC(C)(C)S(=O)N=C1CCC1.CC(C)(C)S(N)=O.O=C1CCC1. The molecule has 0 aromatic rings. The van der Waals surface area contributed by atoms with E-state index in [2.05, 4.69) is 4.40 Å². The number of hydrogen-bond donors (Lipinski definition) is 1. The first-order valence-corrected chi connectivity index (χ1v) is 10.3. The highest BCUT2D eigenvalue weighted by atomic mass is 32.2. The van der Waals surface area contributed by atoms with Crippen LogP contribution in [-0.4, -0.2) is 29.4 Å².